The number of nitrogens with two attached hydrogens (primary N) is 1. The van der Waals surface area contributed by atoms with Crippen molar-refractivity contribution >= 4 is 12.0 Å². The zero-order valence-corrected chi connectivity index (χ0v) is 6.91. The summed E-state index contributed by atoms with van der Waals surface area (Å²) in [5, 5.41) is 10.5. The summed E-state index contributed by atoms with van der Waals surface area (Å²) < 4.78 is 0. The van der Waals surface area contributed by atoms with Crippen LogP contribution < -0.4 is 5.48 Å². The number of aldehydes is 1. The molecule has 12 heavy (non-hydrogen) atoms. The first-order valence-corrected chi connectivity index (χ1v) is 3.85. The van der Waals surface area contributed by atoms with E-state index < -0.39 is 0 Å². The van der Waals surface area contributed by atoms with Crippen molar-refractivity contribution in [2.24, 2.45) is 0 Å². The maximum Gasteiger partial charge on any atom is 0.150 e. The second kappa shape index (κ2) is 3.99. The fraction of sp³-hybridized carbons (Fsp3) is 0.222. The quantitative estimate of drug-likeness (QED) is 0.408. The standard InChI is InChI=1S/C9H11NO2/c1-2-8-4-3-7(6-11)5-9(8)10-12/h3-6H,2,10H2,1H3. The molecule has 1 aromatic carbocycles. The third-order valence-electron chi connectivity index (χ3n) is 1.81. The molecule has 0 unspecified atom stereocenters. The van der Waals surface area contributed by atoms with E-state index in [4.69, 9.17) is 0 Å². The summed E-state index contributed by atoms with van der Waals surface area (Å²) in [6.07, 6.45) is 1.56. The number of carbonyl (C=O) groups is 1. The molecule has 64 valence electrons. The number of quaternary nitrogens is 1. The Labute approximate surface area is 71.0 Å². The smallest absolute Gasteiger partial charge is 0.150 e. The van der Waals surface area contributed by atoms with Gasteiger partial charge in [0.1, 0.15) is 12.0 Å². The second-order valence-corrected chi connectivity index (χ2v) is 2.55. The Kier molecular flexibility index (Phi) is 2.96. The Morgan fingerprint density at radius 1 is 1.58 bits per heavy atom. The molecule has 1 rings (SSSR count). The average Bonchev–Trinajstić information content (AvgIpc) is 2.16. The van der Waals surface area contributed by atoms with Crippen molar-refractivity contribution in [3.63, 3.8) is 0 Å². The van der Waals surface area contributed by atoms with Crippen molar-refractivity contribution in [2.45, 2.75) is 13.3 Å². The van der Waals surface area contributed by atoms with Crippen molar-refractivity contribution in [1.82, 2.24) is 0 Å². The Balaban J connectivity index is 3.10. The van der Waals surface area contributed by atoms with Gasteiger partial charge in [0.2, 0.25) is 0 Å². The zero-order valence-electron chi connectivity index (χ0n) is 6.91. The van der Waals surface area contributed by atoms with Gasteiger partial charge in [-0.15, -0.1) is 0 Å². The second-order valence-electron chi connectivity index (χ2n) is 2.55. The summed E-state index contributed by atoms with van der Waals surface area (Å²) in [5.74, 6) is 0. The van der Waals surface area contributed by atoms with E-state index in [0.717, 1.165) is 23.8 Å². The highest BCUT2D eigenvalue weighted by Gasteiger charge is 2.01. The lowest BCUT2D eigenvalue weighted by molar-refractivity contribution is -0.497. The molecule has 0 aromatic heterocycles. The predicted octanol–water partition coefficient (Wildman–Crippen LogP) is 0.754. The van der Waals surface area contributed by atoms with E-state index in [9.17, 15) is 10.0 Å². The van der Waals surface area contributed by atoms with Gasteiger partial charge in [-0.25, -0.2) is 0 Å². The first kappa shape index (κ1) is 8.90. The molecular formula is C9H11NO2. The number of benzene rings is 1. The molecule has 0 atom stereocenters. The van der Waals surface area contributed by atoms with Crippen molar-refractivity contribution in [3.05, 3.63) is 34.5 Å². The zero-order chi connectivity index (χ0) is 8.97. The van der Waals surface area contributed by atoms with Crippen LogP contribution in [0.4, 0.5) is 5.69 Å². The van der Waals surface area contributed by atoms with Gasteiger partial charge in [0.15, 0.2) is 0 Å². The number of aryl methyl sites for hydroxylation is 1. The van der Waals surface area contributed by atoms with Crippen LogP contribution in [-0.2, 0) is 6.42 Å². The van der Waals surface area contributed by atoms with Gasteiger partial charge in [0.25, 0.3) is 0 Å². The molecule has 0 spiro atoms. The van der Waals surface area contributed by atoms with Gasteiger partial charge < -0.3 is 10.7 Å². The van der Waals surface area contributed by atoms with Crippen LogP contribution in [0.5, 0.6) is 0 Å². The highest BCUT2D eigenvalue weighted by molar-refractivity contribution is 5.76. The van der Waals surface area contributed by atoms with Gasteiger partial charge in [-0.3, -0.25) is 4.79 Å². The molecule has 0 heterocycles. The Morgan fingerprint density at radius 3 is 2.83 bits per heavy atom. The molecule has 0 saturated carbocycles. The number of rotatable bonds is 3. The van der Waals surface area contributed by atoms with Crippen LogP contribution in [0.3, 0.4) is 0 Å². The summed E-state index contributed by atoms with van der Waals surface area (Å²) in [5.41, 5.74) is 2.93. The van der Waals surface area contributed by atoms with E-state index in [-0.39, 0.29) is 0 Å². The number of hydrogen-bond donors (Lipinski definition) is 1. The molecule has 2 N–H and O–H groups in total. The molecule has 0 aliphatic carbocycles. The molecule has 0 radical (unpaired) electrons. The molecule has 0 amide bonds. The SMILES string of the molecule is CCc1ccc(C=O)cc1[NH2+][O-]. The molecule has 0 saturated heterocycles. The normalized spacial score (nSPS) is 9.83. The molecule has 0 aliphatic rings. The van der Waals surface area contributed by atoms with Crippen LogP contribution in [0, 0.1) is 5.21 Å². The molecule has 0 fully saturated rings. The molecular weight excluding hydrogens is 154 g/mol. The summed E-state index contributed by atoms with van der Waals surface area (Å²) in [6, 6.07) is 5.14. The highest BCUT2D eigenvalue weighted by Crippen LogP contribution is 2.12. The van der Waals surface area contributed by atoms with Crippen LogP contribution in [0.2, 0.25) is 0 Å². The fourth-order valence-electron chi connectivity index (χ4n) is 1.12. The topological polar surface area (TPSA) is 56.7 Å². The molecule has 1 aromatic rings. The Bertz CT molecular complexity index is 284. The number of carbonyl (C=O) groups excluding carboxylic acids is 1. The van der Waals surface area contributed by atoms with Gasteiger partial charge >= 0.3 is 0 Å². The van der Waals surface area contributed by atoms with E-state index in [0.29, 0.717) is 11.3 Å². The third kappa shape index (κ3) is 1.69. The largest absolute Gasteiger partial charge is 0.630 e. The summed E-state index contributed by atoms with van der Waals surface area (Å²) in [7, 11) is 0. The molecule has 0 aliphatic heterocycles. The lowest BCUT2D eigenvalue weighted by atomic mass is 10.1. The fourth-order valence-corrected chi connectivity index (χ4v) is 1.12. The van der Waals surface area contributed by atoms with E-state index >= 15 is 0 Å². The Morgan fingerprint density at radius 2 is 2.33 bits per heavy atom. The van der Waals surface area contributed by atoms with E-state index in [1.165, 1.54) is 0 Å². The van der Waals surface area contributed by atoms with Gasteiger partial charge in [0, 0.05) is 17.2 Å². The third-order valence-corrected chi connectivity index (χ3v) is 1.81. The highest BCUT2D eigenvalue weighted by atomic mass is 16.5. The summed E-state index contributed by atoms with van der Waals surface area (Å²) in [4.78, 5) is 10.4. The number of hydrogen-bond acceptors (Lipinski definition) is 2. The maximum absolute atomic E-state index is 10.5. The van der Waals surface area contributed by atoms with Crippen LogP contribution in [-0.4, -0.2) is 6.29 Å². The summed E-state index contributed by atoms with van der Waals surface area (Å²) >= 11 is 0. The maximum atomic E-state index is 10.5. The predicted molar refractivity (Wildman–Crippen MR) is 46.2 cm³/mol. The van der Waals surface area contributed by atoms with Crippen molar-refractivity contribution in [3.8, 4) is 0 Å². The summed E-state index contributed by atoms with van der Waals surface area (Å²) in [6.45, 7) is 1.98. The minimum atomic E-state index is 0.550. The first-order chi connectivity index (χ1) is 5.81. The van der Waals surface area contributed by atoms with Crippen LogP contribution in [0.15, 0.2) is 18.2 Å². The van der Waals surface area contributed by atoms with Gasteiger partial charge in [-0.1, -0.05) is 19.1 Å². The van der Waals surface area contributed by atoms with Crippen molar-refractivity contribution < 1.29 is 10.3 Å². The van der Waals surface area contributed by atoms with Crippen LogP contribution in [0.1, 0.15) is 22.8 Å². The van der Waals surface area contributed by atoms with Crippen LogP contribution >= 0.6 is 0 Å². The lowest BCUT2D eigenvalue weighted by Gasteiger charge is -2.06. The first-order valence-electron chi connectivity index (χ1n) is 3.85. The van der Waals surface area contributed by atoms with Crippen LogP contribution in [0.25, 0.3) is 0 Å². The van der Waals surface area contributed by atoms with Gasteiger partial charge in [-0.2, -0.15) is 0 Å². The molecule has 0 bridgehead atoms. The lowest BCUT2D eigenvalue weighted by Crippen LogP contribution is -2.70. The van der Waals surface area contributed by atoms with Crippen molar-refractivity contribution in [1.29, 1.82) is 0 Å². The average molecular weight is 165 g/mol. The van der Waals surface area contributed by atoms with Gasteiger partial charge in [-0.05, 0) is 6.42 Å². The van der Waals surface area contributed by atoms with Gasteiger partial charge in [0.05, 0.1) is 0 Å². The minimum Gasteiger partial charge on any atom is -0.630 e. The molecule has 3 heteroatoms. The minimum absolute atomic E-state index is 0.550. The van der Waals surface area contributed by atoms with Crippen molar-refractivity contribution in [2.75, 3.05) is 0 Å². The van der Waals surface area contributed by atoms with E-state index in [2.05, 4.69) is 0 Å². The van der Waals surface area contributed by atoms with E-state index in [1.54, 1.807) is 12.1 Å². The van der Waals surface area contributed by atoms with E-state index in [1.807, 2.05) is 13.0 Å². The Hall–Kier alpha value is -1.19. The monoisotopic (exact) mass is 165 g/mol. The molecule has 3 nitrogen and oxygen atoms in total.